The number of likely N-dealkylation sites (N-methyl/N-ethyl adjacent to an activating group) is 1. The summed E-state index contributed by atoms with van der Waals surface area (Å²) in [4.78, 5) is 25.4. The largest absolute Gasteiger partial charge is 0.465 e. The number of hydrogen-bond acceptors (Lipinski definition) is 4. The van der Waals surface area contributed by atoms with E-state index in [4.69, 9.17) is 16.0 Å². The van der Waals surface area contributed by atoms with Crippen molar-refractivity contribution in [1.29, 1.82) is 0 Å². The molecule has 6 heteroatoms. The molecule has 1 aromatic carbocycles. The van der Waals surface area contributed by atoms with Crippen LogP contribution >= 0.6 is 11.6 Å². The van der Waals surface area contributed by atoms with Crippen molar-refractivity contribution in [2.75, 3.05) is 14.2 Å². The first-order valence-electron chi connectivity index (χ1n) is 7.06. The van der Waals surface area contributed by atoms with Crippen LogP contribution in [0.3, 0.4) is 0 Å². The smallest absolute Gasteiger partial charge is 0.341 e. The molecule has 0 bridgehead atoms. The van der Waals surface area contributed by atoms with Gasteiger partial charge in [-0.05, 0) is 30.7 Å². The van der Waals surface area contributed by atoms with Crippen molar-refractivity contribution in [2.45, 2.75) is 19.9 Å². The van der Waals surface area contributed by atoms with Crippen LogP contribution in [0.15, 0.2) is 34.7 Å². The Morgan fingerprint density at radius 1 is 1.26 bits per heavy atom. The Morgan fingerprint density at radius 3 is 2.52 bits per heavy atom. The summed E-state index contributed by atoms with van der Waals surface area (Å²) in [5.41, 5.74) is 1.26. The normalized spacial score (nSPS) is 10.4. The minimum Gasteiger partial charge on any atom is -0.465 e. The van der Waals surface area contributed by atoms with Gasteiger partial charge in [-0.25, -0.2) is 4.79 Å². The van der Waals surface area contributed by atoms with E-state index in [9.17, 15) is 9.59 Å². The van der Waals surface area contributed by atoms with Crippen molar-refractivity contribution in [3.63, 3.8) is 0 Å². The third kappa shape index (κ3) is 4.36. The van der Waals surface area contributed by atoms with Crippen molar-refractivity contribution < 1.29 is 18.7 Å². The molecular weight excluding hydrogens is 318 g/mol. The van der Waals surface area contributed by atoms with Crippen LogP contribution in [0.1, 0.15) is 27.4 Å². The zero-order valence-electron chi connectivity index (χ0n) is 13.3. The van der Waals surface area contributed by atoms with Crippen LogP contribution in [0, 0.1) is 6.92 Å². The van der Waals surface area contributed by atoms with Crippen molar-refractivity contribution in [1.82, 2.24) is 4.90 Å². The standard InChI is InChI=1S/C17H18ClNO4/c1-11-15(17(21)22-3)9-14(23-11)10-19(2)16(20)8-12-4-6-13(18)7-5-12/h4-7,9H,8,10H2,1-3H3. The van der Waals surface area contributed by atoms with Crippen LogP contribution in [-0.2, 0) is 22.5 Å². The zero-order valence-corrected chi connectivity index (χ0v) is 14.0. The lowest BCUT2D eigenvalue weighted by atomic mass is 10.1. The van der Waals surface area contributed by atoms with Crippen LogP contribution in [0.25, 0.3) is 0 Å². The maximum absolute atomic E-state index is 12.2. The molecule has 1 aromatic heterocycles. The molecule has 0 spiro atoms. The minimum absolute atomic E-state index is 0.0546. The molecule has 122 valence electrons. The quantitative estimate of drug-likeness (QED) is 0.787. The monoisotopic (exact) mass is 335 g/mol. The summed E-state index contributed by atoms with van der Waals surface area (Å²) in [6.45, 7) is 1.97. The minimum atomic E-state index is -0.451. The molecule has 2 rings (SSSR count). The zero-order chi connectivity index (χ0) is 17.0. The number of aryl methyl sites for hydroxylation is 1. The summed E-state index contributed by atoms with van der Waals surface area (Å²) < 4.78 is 10.2. The maximum atomic E-state index is 12.2. The van der Waals surface area contributed by atoms with Gasteiger partial charge in [-0.15, -0.1) is 0 Å². The van der Waals surface area contributed by atoms with Crippen molar-refractivity contribution in [3.05, 3.63) is 58.0 Å². The Hall–Kier alpha value is -2.27. The van der Waals surface area contributed by atoms with Gasteiger partial charge in [-0.2, -0.15) is 0 Å². The van der Waals surface area contributed by atoms with E-state index < -0.39 is 5.97 Å². The van der Waals surface area contributed by atoms with Gasteiger partial charge in [0.2, 0.25) is 5.91 Å². The van der Waals surface area contributed by atoms with Crippen LogP contribution < -0.4 is 0 Å². The molecule has 2 aromatic rings. The highest BCUT2D eigenvalue weighted by Crippen LogP contribution is 2.17. The molecule has 1 heterocycles. The third-order valence-electron chi connectivity index (χ3n) is 3.46. The molecule has 1 amide bonds. The molecule has 0 aliphatic heterocycles. The van der Waals surface area contributed by atoms with Gasteiger partial charge < -0.3 is 14.1 Å². The van der Waals surface area contributed by atoms with E-state index in [1.807, 2.05) is 12.1 Å². The summed E-state index contributed by atoms with van der Waals surface area (Å²) >= 11 is 5.83. The molecular formula is C17H18ClNO4. The number of benzene rings is 1. The summed E-state index contributed by atoms with van der Waals surface area (Å²) in [6, 6.07) is 8.75. The van der Waals surface area contributed by atoms with Crippen LogP contribution in [-0.4, -0.2) is 30.9 Å². The maximum Gasteiger partial charge on any atom is 0.341 e. The van der Waals surface area contributed by atoms with Crippen molar-refractivity contribution in [2.24, 2.45) is 0 Å². The number of ether oxygens (including phenoxy) is 1. The molecule has 23 heavy (non-hydrogen) atoms. The molecule has 0 saturated heterocycles. The molecule has 0 aliphatic carbocycles. The topological polar surface area (TPSA) is 59.8 Å². The van der Waals surface area contributed by atoms with E-state index in [0.717, 1.165) is 5.56 Å². The fraction of sp³-hybridized carbons (Fsp3) is 0.294. The van der Waals surface area contributed by atoms with Crippen LogP contribution in [0.4, 0.5) is 0 Å². The number of carbonyl (C=O) groups is 2. The Balaban J connectivity index is 2.01. The highest BCUT2D eigenvalue weighted by Gasteiger charge is 2.18. The average molecular weight is 336 g/mol. The SMILES string of the molecule is COC(=O)c1cc(CN(C)C(=O)Cc2ccc(Cl)cc2)oc1C. The van der Waals surface area contributed by atoms with Crippen LogP contribution in [0.5, 0.6) is 0 Å². The van der Waals surface area contributed by atoms with Crippen LogP contribution in [0.2, 0.25) is 5.02 Å². The van der Waals surface area contributed by atoms with Gasteiger partial charge in [0.1, 0.15) is 17.1 Å². The second-order valence-corrected chi connectivity index (χ2v) is 5.66. The molecule has 0 fully saturated rings. The van der Waals surface area contributed by atoms with Gasteiger partial charge in [0.15, 0.2) is 0 Å². The predicted octanol–water partition coefficient (Wildman–Crippen LogP) is 3.23. The van der Waals surface area contributed by atoms with Crippen molar-refractivity contribution >= 4 is 23.5 Å². The number of amides is 1. The highest BCUT2D eigenvalue weighted by atomic mass is 35.5. The Kier molecular flexibility index (Phi) is 5.45. The van der Waals surface area contributed by atoms with Crippen molar-refractivity contribution in [3.8, 4) is 0 Å². The number of carbonyl (C=O) groups excluding carboxylic acids is 2. The third-order valence-corrected chi connectivity index (χ3v) is 3.71. The first kappa shape index (κ1) is 17.1. The number of esters is 1. The fourth-order valence-electron chi connectivity index (χ4n) is 2.17. The van der Waals surface area contributed by atoms with E-state index in [0.29, 0.717) is 22.1 Å². The van der Waals surface area contributed by atoms with Gasteiger partial charge in [0.25, 0.3) is 0 Å². The second kappa shape index (κ2) is 7.33. The van der Waals surface area contributed by atoms with Gasteiger partial charge in [0.05, 0.1) is 20.1 Å². The average Bonchev–Trinajstić information content (AvgIpc) is 2.89. The first-order chi connectivity index (χ1) is 10.9. The van der Waals surface area contributed by atoms with Gasteiger partial charge in [-0.1, -0.05) is 23.7 Å². The molecule has 0 aliphatic rings. The van der Waals surface area contributed by atoms with E-state index >= 15 is 0 Å². The molecule has 5 nitrogen and oxygen atoms in total. The number of furan rings is 1. The lowest BCUT2D eigenvalue weighted by molar-refractivity contribution is -0.129. The van der Waals surface area contributed by atoms with E-state index in [1.165, 1.54) is 7.11 Å². The lowest BCUT2D eigenvalue weighted by Crippen LogP contribution is -2.27. The summed E-state index contributed by atoms with van der Waals surface area (Å²) in [6.07, 6.45) is 0.275. The highest BCUT2D eigenvalue weighted by molar-refractivity contribution is 6.30. The Bertz CT molecular complexity index is 706. The predicted molar refractivity (Wildman–Crippen MR) is 86.4 cm³/mol. The summed E-state index contributed by atoms with van der Waals surface area (Å²) in [5, 5.41) is 0.635. The van der Waals surface area contributed by atoms with Gasteiger partial charge in [0, 0.05) is 12.1 Å². The Labute approximate surface area is 139 Å². The lowest BCUT2D eigenvalue weighted by Gasteiger charge is -2.15. The number of halogens is 1. The Morgan fingerprint density at radius 2 is 1.91 bits per heavy atom. The summed E-state index contributed by atoms with van der Waals surface area (Å²) in [7, 11) is 3.00. The van der Waals surface area contributed by atoms with E-state index in [2.05, 4.69) is 4.74 Å². The second-order valence-electron chi connectivity index (χ2n) is 5.23. The van der Waals surface area contributed by atoms with Gasteiger partial charge >= 0.3 is 5.97 Å². The van der Waals surface area contributed by atoms with Gasteiger partial charge in [-0.3, -0.25) is 4.79 Å². The number of hydrogen-bond donors (Lipinski definition) is 0. The molecule has 0 unspecified atom stereocenters. The molecule has 0 radical (unpaired) electrons. The molecule has 0 N–H and O–H groups in total. The number of rotatable bonds is 5. The van der Waals surface area contributed by atoms with E-state index in [1.54, 1.807) is 37.1 Å². The molecule has 0 atom stereocenters. The fourth-order valence-corrected chi connectivity index (χ4v) is 2.29. The van der Waals surface area contributed by atoms with E-state index in [-0.39, 0.29) is 18.9 Å². The number of nitrogens with zero attached hydrogens (tertiary/aromatic N) is 1. The number of methoxy groups -OCH3 is 1. The molecule has 0 saturated carbocycles. The summed E-state index contributed by atoms with van der Waals surface area (Å²) in [5.74, 6) is 0.508. The first-order valence-corrected chi connectivity index (χ1v) is 7.44.